The second-order valence-corrected chi connectivity index (χ2v) is 5.57. The lowest BCUT2D eigenvalue weighted by Crippen LogP contribution is -2.27. The number of benzene rings is 1. The van der Waals surface area contributed by atoms with Gasteiger partial charge in [0.15, 0.2) is 0 Å². The Hall–Kier alpha value is -1.22. The Morgan fingerprint density at radius 3 is 2.41 bits per heavy atom. The molecule has 0 saturated heterocycles. The molecular formula is C14H24N2O. The zero-order valence-electron chi connectivity index (χ0n) is 11.5. The van der Waals surface area contributed by atoms with Crippen molar-refractivity contribution in [1.29, 1.82) is 0 Å². The molecule has 0 saturated carbocycles. The quantitative estimate of drug-likeness (QED) is 0.824. The van der Waals surface area contributed by atoms with Crippen molar-refractivity contribution in [1.82, 2.24) is 0 Å². The number of nitrogens with one attached hydrogen (secondary N) is 1. The Morgan fingerprint density at radius 2 is 1.94 bits per heavy atom. The lowest BCUT2D eigenvalue weighted by Gasteiger charge is -2.24. The lowest BCUT2D eigenvalue weighted by atomic mass is 9.95. The van der Waals surface area contributed by atoms with Crippen molar-refractivity contribution < 1.29 is 5.11 Å². The molecule has 0 spiro atoms. The van der Waals surface area contributed by atoms with Gasteiger partial charge in [-0.3, -0.25) is 0 Å². The number of rotatable bonds is 5. The third kappa shape index (κ3) is 3.93. The molecule has 17 heavy (non-hydrogen) atoms. The summed E-state index contributed by atoms with van der Waals surface area (Å²) in [6.07, 6.45) is 0. The van der Waals surface area contributed by atoms with Crippen LogP contribution in [-0.2, 0) is 0 Å². The minimum atomic E-state index is -0.0906. The van der Waals surface area contributed by atoms with Crippen molar-refractivity contribution in [2.45, 2.75) is 20.8 Å². The summed E-state index contributed by atoms with van der Waals surface area (Å²) in [6, 6.07) is 6.35. The molecule has 0 aliphatic rings. The normalized spacial score (nSPS) is 11.4. The fourth-order valence-electron chi connectivity index (χ4n) is 1.51. The van der Waals surface area contributed by atoms with Crippen LogP contribution in [-0.4, -0.2) is 32.4 Å². The topological polar surface area (TPSA) is 35.5 Å². The van der Waals surface area contributed by atoms with E-state index in [0.717, 1.165) is 12.2 Å². The zero-order chi connectivity index (χ0) is 13.1. The zero-order valence-corrected chi connectivity index (χ0v) is 11.5. The van der Waals surface area contributed by atoms with Crippen molar-refractivity contribution in [3.05, 3.63) is 23.8 Å². The monoisotopic (exact) mass is 236 g/mol. The molecule has 96 valence electrons. The van der Waals surface area contributed by atoms with Gasteiger partial charge < -0.3 is 15.3 Å². The largest absolute Gasteiger partial charge is 0.396 e. The first-order valence-corrected chi connectivity index (χ1v) is 5.98. The van der Waals surface area contributed by atoms with Gasteiger partial charge >= 0.3 is 0 Å². The highest BCUT2D eigenvalue weighted by Gasteiger charge is 2.16. The summed E-state index contributed by atoms with van der Waals surface area (Å²) in [5.74, 6) is 0. The van der Waals surface area contributed by atoms with Gasteiger partial charge in [-0.15, -0.1) is 0 Å². The van der Waals surface area contributed by atoms with Crippen LogP contribution in [0.1, 0.15) is 19.4 Å². The first-order valence-electron chi connectivity index (χ1n) is 5.98. The van der Waals surface area contributed by atoms with E-state index in [1.807, 2.05) is 27.9 Å². The van der Waals surface area contributed by atoms with E-state index in [1.54, 1.807) is 0 Å². The Kier molecular flexibility index (Phi) is 4.40. The van der Waals surface area contributed by atoms with Crippen LogP contribution in [0.25, 0.3) is 0 Å². The molecule has 0 aliphatic heterocycles. The Balaban J connectivity index is 2.73. The van der Waals surface area contributed by atoms with E-state index in [-0.39, 0.29) is 12.0 Å². The van der Waals surface area contributed by atoms with Gasteiger partial charge in [0.25, 0.3) is 0 Å². The van der Waals surface area contributed by atoms with Crippen LogP contribution in [0.5, 0.6) is 0 Å². The standard InChI is InChI=1S/C14H24N2O/c1-11-8-12(16(4)5)6-7-13(11)15-9-14(2,3)10-17/h6-8,15,17H,9-10H2,1-5H3. The molecule has 0 bridgehead atoms. The van der Waals surface area contributed by atoms with Crippen molar-refractivity contribution in [3.63, 3.8) is 0 Å². The molecule has 3 heteroatoms. The lowest BCUT2D eigenvalue weighted by molar-refractivity contribution is 0.171. The highest BCUT2D eigenvalue weighted by atomic mass is 16.3. The molecule has 1 rings (SSSR count). The van der Waals surface area contributed by atoms with Crippen LogP contribution in [0.4, 0.5) is 11.4 Å². The van der Waals surface area contributed by atoms with E-state index in [0.29, 0.717) is 0 Å². The molecule has 0 unspecified atom stereocenters. The smallest absolute Gasteiger partial charge is 0.0498 e. The fraction of sp³-hybridized carbons (Fsp3) is 0.571. The first-order chi connectivity index (χ1) is 7.85. The Labute approximate surface area is 104 Å². The molecule has 2 N–H and O–H groups in total. The number of aliphatic hydroxyl groups excluding tert-OH is 1. The summed E-state index contributed by atoms with van der Waals surface area (Å²) < 4.78 is 0. The Bertz CT molecular complexity index is 372. The van der Waals surface area contributed by atoms with E-state index < -0.39 is 0 Å². The first kappa shape index (κ1) is 13.8. The van der Waals surface area contributed by atoms with Gasteiger partial charge in [0.05, 0.1) is 0 Å². The molecule has 1 aromatic rings. The molecule has 0 aliphatic carbocycles. The second kappa shape index (κ2) is 5.41. The van der Waals surface area contributed by atoms with Gasteiger partial charge in [-0.25, -0.2) is 0 Å². The van der Waals surface area contributed by atoms with Gasteiger partial charge in [0.2, 0.25) is 0 Å². The molecule has 0 fully saturated rings. The van der Waals surface area contributed by atoms with Crippen molar-refractivity contribution in [2.75, 3.05) is 37.5 Å². The Morgan fingerprint density at radius 1 is 1.29 bits per heavy atom. The third-order valence-electron chi connectivity index (χ3n) is 2.91. The predicted octanol–water partition coefficient (Wildman–Crippen LogP) is 2.49. The van der Waals surface area contributed by atoms with Crippen LogP contribution in [0, 0.1) is 12.3 Å². The third-order valence-corrected chi connectivity index (χ3v) is 2.91. The predicted molar refractivity (Wildman–Crippen MR) is 74.9 cm³/mol. The minimum Gasteiger partial charge on any atom is -0.396 e. The number of hydrogen-bond donors (Lipinski definition) is 2. The maximum atomic E-state index is 9.21. The van der Waals surface area contributed by atoms with Crippen LogP contribution in [0.3, 0.4) is 0 Å². The van der Waals surface area contributed by atoms with Gasteiger partial charge in [-0.1, -0.05) is 13.8 Å². The summed E-state index contributed by atoms with van der Waals surface area (Å²) in [4.78, 5) is 2.09. The summed E-state index contributed by atoms with van der Waals surface area (Å²) in [6.45, 7) is 7.15. The number of aliphatic hydroxyl groups is 1. The van der Waals surface area contributed by atoms with E-state index >= 15 is 0 Å². The van der Waals surface area contributed by atoms with E-state index in [1.165, 1.54) is 11.3 Å². The molecule has 0 radical (unpaired) electrons. The maximum absolute atomic E-state index is 9.21. The molecule has 3 nitrogen and oxygen atoms in total. The number of hydrogen-bond acceptors (Lipinski definition) is 3. The van der Waals surface area contributed by atoms with Crippen LogP contribution in [0.15, 0.2) is 18.2 Å². The average Bonchev–Trinajstić information content (AvgIpc) is 2.27. The molecule has 0 heterocycles. The van der Waals surface area contributed by atoms with Crippen LogP contribution in [0.2, 0.25) is 0 Å². The molecule has 0 amide bonds. The second-order valence-electron chi connectivity index (χ2n) is 5.57. The van der Waals surface area contributed by atoms with Gasteiger partial charge in [-0.2, -0.15) is 0 Å². The maximum Gasteiger partial charge on any atom is 0.0498 e. The van der Waals surface area contributed by atoms with E-state index in [9.17, 15) is 5.11 Å². The van der Waals surface area contributed by atoms with E-state index in [4.69, 9.17) is 0 Å². The van der Waals surface area contributed by atoms with Crippen LogP contribution >= 0.6 is 0 Å². The number of anilines is 2. The average molecular weight is 236 g/mol. The van der Waals surface area contributed by atoms with Gasteiger partial charge in [0, 0.05) is 44.0 Å². The molecule has 1 aromatic carbocycles. The SMILES string of the molecule is Cc1cc(N(C)C)ccc1NCC(C)(C)CO. The van der Waals surface area contributed by atoms with Crippen molar-refractivity contribution in [3.8, 4) is 0 Å². The summed E-state index contributed by atoms with van der Waals surface area (Å²) >= 11 is 0. The van der Waals surface area contributed by atoms with E-state index in [2.05, 4.69) is 35.3 Å². The fourth-order valence-corrected chi connectivity index (χ4v) is 1.51. The molecular weight excluding hydrogens is 212 g/mol. The van der Waals surface area contributed by atoms with Gasteiger partial charge in [0.1, 0.15) is 0 Å². The highest BCUT2D eigenvalue weighted by molar-refractivity contribution is 5.59. The summed E-state index contributed by atoms with van der Waals surface area (Å²) in [5, 5.41) is 12.6. The van der Waals surface area contributed by atoms with Crippen molar-refractivity contribution >= 4 is 11.4 Å². The number of aryl methyl sites for hydroxylation is 1. The molecule has 0 atom stereocenters. The van der Waals surface area contributed by atoms with Crippen LogP contribution < -0.4 is 10.2 Å². The minimum absolute atomic E-state index is 0.0906. The highest BCUT2D eigenvalue weighted by Crippen LogP contribution is 2.23. The molecule has 0 aromatic heterocycles. The summed E-state index contributed by atoms with van der Waals surface area (Å²) in [7, 11) is 4.08. The van der Waals surface area contributed by atoms with Crippen molar-refractivity contribution in [2.24, 2.45) is 5.41 Å². The number of nitrogens with zero attached hydrogens (tertiary/aromatic N) is 1. The summed E-state index contributed by atoms with van der Waals surface area (Å²) in [5.41, 5.74) is 3.48. The van der Waals surface area contributed by atoms with Gasteiger partial charge in [-0.05, 0) is 30.7 Å².